The largest absolute Gasteiger partial charge is 0.338 e. The minimum atomic E-state index is 0.141. The number of hydrogen-bond acceptors (Lipinski definition) is 2. The summed E-state index contributed by atoms with van der Waals surface area (Å²) in [7, 11) is 0. The maximum Gasteiger partial charge on any atom is 0.0655 e. The van der Waals surface area contributed by atoms with Crippen molar-refractivity contribution in [1.82, 2.24) is 0 Å². The Bertz CT molecular complexity index is 864. The topological polar surface area (TPSA) is 6.48 Å². The Balaban J connectivity index is 2.11. The van der Waals surface area contributed by atoms with E-state index in [0.29, 0.717) is 0 Å². The van der Waals surface area contributed by atoms with E-state index in [-0.39, 0.29) is 10.8 Å². The predicted molar refractivity (Wildman–Crippen MR) is 153 cm³/mol. The van der Waals surface area contributed by atoms with E-state index in [1.54, 1.807) is 0 Å². The van der Waals surface area contributed by atoms with Crippen molar-refractivity contribution < 1.29 is 0 Å². The van der Waals surface area contributed by atoms with Gasteiger partial charge in [-0.15, -0.1) is 0 Å². The van der Waals surface area contributed by atoms with E-state index in [2.05, 4.69) is 102 Å². The third kappa shape index (κ3) is 6.18. The number of anilines is 4. The molecule has 2 nitrogen and oxygen atoms in total. The molecule has 0 amide bonds. The van der Waals surface area contributed by atoms with Crippen LogP contribution in [0.2, 0.25) is 0 Å². The van der Waals surface area contributed by atoms with Crippen LogP contribution < -0.4 is 9.80 Å². The second-order valence-electron chi connectivity index (χ2n) is 12.3. The Morgan fingerprint density at radius 1 is 0.500 bits per heavy atom. The highest BCUT2D eigenvalue weighted by atomic mass is 15.3. The average Bonchev–Trinajstić information content (AvgIpc) is 2.78. The van der Waals surface area contributed by atoms with Crippen LogP contribution in [0.4, 0.5) is 22.7 Å². The standard InChI is InChI=1S/C32H50N2/c1-9-11-13-15-21-33-27-19-17-25(31(3,4)5)23-29(27)34(22-16-14-12-10-2)30-24-26(32(6,7)8)18-20-28(30)33/h17-20,23-24H,9-16,21-22H2,1-8H3. The molecule has 0 saturated heterocycles. The molecule has 0 aliphatic carbocycles. The molecule has 2 heteroatoms. The molecule has 0 atom stereocenters. The van der Waals surface area contributed by atoms with Crippen LogP contribution in [0.1, 0.15) is 118 Å². The summed E-state index contributed by atoms with van der Waals surface area (Å²) >= 11 is 0. The zero-order chi connectivity index (χ0) is 24.9. The van der Waals surface area contributed by atoms with Gasteiger partial charge in [-0.05, 0) is 59.1 Å². The molecular weight excluding hydrogens is 412 g/mol. The number of unbranched alkanes of at least 4 members (excludes halogenated alkanes) is 6. The normalized spacial score (nSPS) is 13.8. The van der Waals surface area contributed by atoms with Gasteiger partial charge in [0.1, 0.15) is 0 Å². The summed E-state index contributed by atoms with van der Waals surface area (Å²) in [5.74, 6) is 0. The van der Waals surface area contributed by atoms with Crippen LogP contribution >= 0.6 is 0 Å². The van der Waals surface area contributed by atoms with Gasteiger partial charge in [0.15, 0.2) is 0 Å². The summed E-state index contributed by atoms with van der Waals surface area (Å²) in [6, 6.07) is 14.5. The third-order valence-electron chi connectivity index (χ3n) is 7.32. The first-order valence-corrected chi connectivity index (χ1v) is 13.9. The molecule has 1 aliphatic heterocycles. The van der Waals surface area contributed by atoms with E-state index in [4.69, 9.17) is 0 Å². The Morgan fingerprint density at radius 3 is 1.24 bits per heavy atom. The summed E-state index contributed by atoms with van der Waals surface area (Å²) in [5, 5.41) is 0. The van der Waals surface area contributed by atoms with Crippen molar-refractivity contribution in [2.75, 3.05) is 22.9 Å². The molecule has 0 unspecified atom stereocenters. The van der Waals surface area contributed by atoms with E-state index in [9.17, 15) is 0 Å². The molecular formula is C32H50N2. The molecule has 1 heterocycles. The van der Waals surface area contributed by atoms with Gasteiger partial charge in [0.2, 0.25) is 0 Å². The minimum Gasteiger partial charge on any atom is -0.338 e. The fraction of sp³-hybridized carbons (Fsp3) is 0.625. The SMILES string of the molecule is CCCCCCN1c2ccc(C(C)(C)C)cc2N(CCCCCC)c2cc(C(C)(C)C)ccc21. The first-order valence-electron chi connectivity index (χ1n) is 13.9. The quantitative estimate of drug-likeness (QED) is 0.324. The summed E-state index contributed by atoms with van der Waals surface area (Å²) in [5.41, 5.74) is 8.70. The summed E-state index contributed by atoms with van der Waals surface area (Å²) in [4.78, 5) is 5.26. The van der Waals surface area contributed by atoms with Gasteiger partial charge in [-0.2, -0.15) is 0 Å². The van der Waals surface area contributed by atoms with Crippen molar-refractivity contribution in [1.29, 1.82) is 0 Å². The molecule has 3 rings (SSSR count). The highest BCUT2D eigenvalue weighted by molar-refractivity contribution is 5.93. The third-order valence-corrected chi connectivity index (χ3v) is 7.32. The van der Waals surface area contributed by atoms with Crippen LogP contribution in [-0.2, 0) is 10.8 Å². The van der Waals surface area contributed by atoms with Crippen molar-refractivity contribution >= 4 is 22.7 Å². The zero-order valence-electron chi connectivity index (χ0n) is 23.4. The monoisotopic (exact) mass is 462 g/mol. The van der Waals surface area contributed by atoms with Crippen molar-refractivity contribution in [2.24, 2.45) is 0 Å². The second kappa shape index (κ2) is 11.2. The van der Waals surface area contributed by atoms with Crippen LogP contribution in [0.15, 0.2) is 36.4 Å². The molecule has 0 radical (unpaired) electrons. The first kappa shape index (κ1) is 26.6. The number of benzene rings is 2. The Kier molecular flexibility index (Phi) is 8.77. The molecule has 0 aromatic heterocycles. The van der Waals surface area contributed by atoms with Crippen LogP contribution in [-0.4, -0.2) is 13.1 Å². The summed E-state index contributed by atoms with van der Waals surface area (Å²) in [6.07, 6.45) is 10.3. The van der Waals surface area contributed by atoms with Crippen molar-refractivity contribution in [3.8, 4) is 0 Å². The number of rotatable bonds is 10. The van der Waals surface area contributed by atoms with Gasteiger partial charge in [0.25, 0.3) is 0 Å². The molecule has 188 valence electrons. The lowest BCUT2D eigenvalue weighted by molar-refractivity contribution is 0.588. The van der Waals surface area contributed by atoms with Gasteiger partial charge in [0.05, 0.1) is 22.7 Å². The molecule has 0 fully saturated rings. The van der Waals surface area contributed by atoms with E-state index in [1.165, 1.54) is 85.2 Å². The highest BCUT2D eigenvalue weighted by Gasteiger charge is 2.30. The van der Waals surface area contributed by atoms with Gasteiger partial charge >= 0.3 is 0 Å². The Morgan fingerprint density at radius 2 is 0.882 bits per heavy atom. The van der Waals surface area contributed by atoms with E-state index >= 15 is 0 Å². The lowest BCUT2D eigenvalue weighted by atomic mass is 9.85. The fourth-order valence-electron chi connectivity index (χ4n) is 5.00. The van der Waals surface area contributed by atoms with Gasteiger partial charge in [-0.25, -0.2) is 0 Å². The minimum absolute atomic E-state index is 0.141. The zero-order valence-corrected chi connectivity index (χ0v) is 23.4. The Hall–Kier alpha value is -1.96. The van der Waals surface area contributed by atoms with Gasteiger partial charge in [-0.3, -0.25) is 0 Å². The Labute approximate surface area is 210 Å². The lowest BCUT2D eigenvalue weighted by Crippen LogP contribution is -2.32. The molecule has 0 saturated carbocycles. The van der Waals surface area contributed by atoms with Crippen molar-refractivity contribution in [2.45, 2.75) is 118 Å². The van der Waals surface area contributed by atoms with Crippen LogP contribution in [0.25, 0.3) is 0 Å². The van der Waals surface area contributed by atoms with Crippen LogP contribution in [0.5, 0.6) is 0 Å². The van der Waals surface area contributed by atoms with Gasteiger partial charge in [-0.1, -0.05) is 106 Å². The molecule has 0 N–H and O–H groups in total. The molecule has 0 bridgehead atoms. The van der Waals surface area contributed by atoms with E-state index < -0.39 is 0 Å². The number of hydrogen-bond donors (Lipinski definition) is 0. The van der Waals surface area contributed by atoms with E-state index in [1.807, 2.05) is 0 Å². The average molecular weight is 463 g/mol. The molecule has 34 heavy (non-hydrogen) atoms. The number of fused-ring (bicyclic) bond motifs is 2. The van der Waals surface area contributed by atoms with Crippen LogP contribution in [0, 0.1) is 0 Å². The maximum absolute atomic E-state index is 2.65. The van der Waals surface area contributed by atoms with Gasteiger partial charge < -0.3 is 9.80 Å². The molecule has 2 aromatic rings. The van der Waals surface area contributed by atoms with Crippen molar-refractivity contribution in [3.05, 3.63) is 47.5 Å². The maximum atomic E-state index is 2.65. The molecule has 2 aromatic carbocycles. The highest BCUT2D eigenvalue weighted by Crippen LogP contribution is 2.50. The second-order valence-corrected chi connectivity index (χ2v) is 12.3. The lowest BCUT2D eigenvalue weighted by Gasteiger charge is -2.42. The summed E-state index contributed by atoms with van der Waals surface area (Å²) < 4.78 is 0. The number of nitrogens with zero attached hydrogens (tertiary/aromatic N) is 2. The fourth-order valence-corrected chi connectivity index (χ4v) is 5.00. The molecule has 0 spiro atoms. The van der Waals surface area contributed by atoms with Gasteiger partial charge in [0, 0.05) is 13.1 Å². The van der Waals surface area contributed by atoms with E-state index in [0.717, 1.165) is 13.1 Å². The smallest absolute Gasteiger partial charge is 0.0655 e. The molecule has 1 aliphatic rings. The van der Waals surface area contributed by atoms with Crippen molar-refractivity contribution in [3.63, 3.8) is 0 Å². The van der Waals surface area contributed by atoms with Crippen LogP contribution in [0.3, 0.4) is 0 Å². The predicted octanol–water partition coefficient (Wildman–Crippen LogP) is 10.0. The summed E-state index contributed by atoms with van der Waals surface area (Å²) in [6.45, 7) is 20.8. The first-order chi connectivity index (χ1) is 16.1.